The molecule has 0 amide bonds. The predicted molar refractivity (Wildman–Crippen MR) is 116 cm³/mol. The molecule has 0 bridgehead atoms. The van der Waals surface area contributed by atoms with Crippen LogP contribution in [0.4, 0.5) is 4.39 Å². The molecule has 0 aromatic heterocycles. The van der Waals surface area contributed by atoms with Crippen LogP contribution in [-0.2, 0) is 20.9 Å². The van der Waals surface area contributed by atoms with Gasteiger partial charge in [-0.3, -0.25) is 14.5 Å². The van der Waals surface area contributed by atoms with Gasteiger partial charge in [-0.15, -0.1) is 0 Å². The van der Waals surface area contributed by atoms with Gasteiger partial charge in [0.25, 0.3) is 0 Å². The Hall–Kier alpha value is -1.88. The highest BCUT2D eigenvalue weighted by Gasteiger charge is 2.26. The van der Waals surface area contributed by atoms with Crippen molar-refractivity contribution in [1.29, 1.82) is 0 Å². The molecule has 1 saturated heterocycles. The number of hydrogen-bond acceptors (Lipinski definition) is 7. The van der Waals surface area contributed by atoms with Gasteiger partial charge in [0.1, 0.15) is 5.82 Å². The maximum absolute atomic E-state index is 13.9. The lowest BCUT2D eigenvalue weighted by Gasteiger charge is -2.33. The first kappa shape index (κ1) is 24.4. The lowest BCUT2D eigenvalue weighted by atomic mass is 10.0. The molecule has 4 N–H and O–H groups in total. The van der Waals surface area contributed by atoms with E-state index in [4.69, 9.17) is 10.8 Å². The number of carbonyl (C=O) groups is 3. The summed E-state index contributed by atoms with van der Waals surface area (Å²) in [5.74, 6) is -2.34. The van der Waals surface area contributed by atoms with Crippen LogP contribution in [0.2, 0.25) is 0 Å². The van der Waals surface area contributed by atoms with E-state index in [1.165, 1.54) is 33.7 Å². The number of rotatable bonds is 11. The molecule has 1 fully saturated rings. The zero-order valence-corrected chi connectivity index (χ0v) is 18.0. The maximum Gasteiger partial charge on any atom is 0.328 e. The second-order valence-corrected chi connectivity index (χ2v) is 9.60. The fraction of sp³-hybridized carbons (Fsp3) is 0.450. The Labute approximate surface area is 182 Å². The van der Waals surface area contributed by atoms with Gasteiger partial charge in [0.2, 0.25) is 0 Å². The molecule has 1 heterocycles. The lowest BCUT2D eigenvalue weighted by molar-refractivity contribution is -0.138. The number of benzene rings is 1. The molecule has 0 spiro atoms. The van der Waals surface area contributed by atoms with Crippen LogP contribution in [0.5, 0.6) is 0 Å². The molecule has 10 heteroatoms. The fourth-order valence-corrected chi connectivity index (χ4v) is 5.91. The molecule has 164 valence electrons. The zero-order valence-electron chi connectivity index (χ0n) is 16.3. The van der Waals surface area contributed by atoms with Crippen molar-refractivity contribution in [3.63, 3.8) is 0 Å². The first-order valence-corrected chi connectivity index (χ1v) is 11.8. The number of halogens is 1. The zero-order chi connectivity index (χ0) is 22.1. The summed E-state index contributed by atoms with van der Waals surface area (Å²) in [5.41, 5.74) is 7.13. The lowest BCUT2D eigenvalue weighted by Crippen LogP contribution is -2.37. The number of hydrogen-bond donors (Lipinski definition) is 3. The van der Waals surface area contributed by atoms with Gasteiger partial charge in [0.05, 0.1) is 12.5 Å². The van der Waals surface area contributed by atoms with Crippen molar-refractivity contribution < 1.29 is 29.0 Å². The predicted octanol–water partition coefficient (Wildman–Crippen LogP) is 2.55. The van der Waals surface area contributed by atoms with Crippen LogP contribution >= 0.6 is 21.6 Å². The number of ketones is 1. The van der Waals surface area contributed by atoms with Crippen LogP contribution in [-0.4, -0.2) is 63.0 Å². The number of likely N-dealkylation sites (tertiary alicyclic amines) is 1. The number of carboxylic acid groups (broad SMARTS) is 2. The summed E-state index contributed by atoms with van der Waals surface area (Å²) in [6.45, 7) is 1.51. The van der Waals surface area contributed by atoms with Crippen molar-refractivity contribution in [1.82, 2.24) is 4.90 Å². The Kier molecular flexibility index (Phi) is 9.83. The molecule has 2 atom stereocenters. The van der Waals surface area contributed by atoms with E-state index in [-0.39, 0.29) is 29.7 Å². The van der Waals surface area contributed by atoms with Gasteiger partial charge >= 0.3 is 11.9 Å². The molecule has 2 rings (SSSR count). The Morgan fingerprint density at radius 2 is 2.00 bits per heavy atom. The molecular formula is C20H25FN2O5S2. The molecule has 30 heavy (non-hydrogen) atoms. The van der Waals surface area contributed by atoms with E-state index in [1.54, 1.807) is 18.2 Å². The fourth-order valence-electron chi connectivity index (χ4n) is 3.04. The van der Waals surface area contributed by atoms with Crippen molar-refractivity contribution in [2.24, 2.45) is 5.73 Å². The minimum atomic E-state index is -1.04. The number of nitrogens with zero attached hydrogens (tertiary/aromatic N) is 1. The molecule has 2 unspecified atom stereocenters. The average Bonchev–Trinajstić information content (AvgIpc) is 2.68. The molecule has 0 aliphatic carbocycles. The highest BCUT2D eigenvalue weighted by molar-refractivity contribution is 8.77. The number of piperidine rings is 1. The summed E-state index contributed by atoms with van der Waals surface area (Å²) in [6, 6.07) is 5.77. The van der Waals surface area contributed by atoms with E-state index in [9.17, 15) is 23.9 Å². The van der Waals surface area contributed by atoms with E-state index in [2.05, 4.69) is 0 Å². The summed E-state index contributed by atoms with van der Waals surface area (Å²) in [7, 11) is 2.84. The summed E-state index contributed by atoms with van der Waals surface area (Å²) < 4.78 is 13.9. The molecule has 0 saturated carbocycles. The van der Waals surface area contributed by atoms with Gasteiger partial charge in [0.15, 0.2) is 5.78 Å². The monoisotopic (exact) mass is 456 g/mol. The van der Waals surface area contributed by atoms with E-state index >= 15 is 0 Å². The first-order chi connectivity index (χ1) is 14.3. The standard InChI is InChI=1S/C20H25FN2O5S2/c21-15-4-2-1-3-13(15)10-23-8-7-18(14(11-23)9-20(27)28)30-29-12-16(22)17(24)5-6-19(25)26/h1-4,9,16,18H,5-8,10-12,22H2,(H,25,26)(H,27,28)/b14-9-. The van der Waals surface area contributed by atoms with Crippen LogP contribution in [0.3, 0.4) is 0 Å². The van der Waals surface area contributed by atoms with Crippen molar-refractivity contribution in [2.75, 3.05) is 18.8 Å². The normalized spacial score (nSPS) is 19.5. The van der Waals surface area contributed by atoms with Crippen LogP contribution in [0, 0.1) is 5.82 Å². The van der Waals surface area contributed by atoms with Crippen LogP contribution in [0.25, 0.3) is 0 Å². The van der Waals surface area contributed by atoms with Gasteiger partial charge in [-0.25, -0.2) is 9.18 Å². The minimum Gasteiger partial charge on any atom is -0.481 e. The summed E-state index contributed by atoms with van der Waals surface area (Å²) in [5, 5.41) is 17.8. The minimum absolute atomic E-state index is 0.0516. The highest BCUT2D eigenvalue weighted by atomic mass is 33.1. The van der Waals surface area contributed by atoms with Crippen LogP contribution < -0.4 is 5.73 Å². The Morgan fingerprint density at radius 3 is 2.67 bits per heavy atom. The summed E-state index contributed by atoms with van der Waals surface area (Å²) >= 11 is 0. The second kappa shape index (κ2) is 12.1. The number of aliphatic carboxylic acids is 2. The second-order valence-electron chi connectivity index (χ2n) is 6.98. The number of carboxylic acids is 2. The third-order valence-electron chi connectivity index (χ3n) is 4.62. The number of Topliss-reactive ketones (excluding diaryl/α,β-unsaturated/α-hetero) is 1. The third-order valence-corrected chi connectivity index (χ3v) is 7.53. The largest absolute Gasteiger partial charge is 0.481 e. The number of nitrogens with two attached hydrogens (primary N) is 1. The van der Waals surface area contributed by atoms with E-state index in [0.717, 1.165) is 5.57 Å². The molecule has 0 radical (unpaired) electrons. The molecule has 1 aromatic rings. The van der Waals surface area contributed by atoms with Gasteiger partial charge in [-0.1, -0.05) is 39.8 Å². The van der Waals surface area contributed by atoms with Crippen LogP contribution in [0.1, 0.15) is 24.8 Å². The topological polar surface area (TPSA) is 121 Å². The average molecular weight is 457 g/mol. The van der Waals surface area contributed by atoms with E-state index in [1.807, 2.05) is 4.90 Å². The maximum atomic E-state index is 13.9. The van der Waals surface area contributed by atoms with Crippen molar-refractivity contribution in [3.05, 3.63) is 47.3 Å². The molecule has 1 aliphatic heterocycles. The smallest absolute Gasteiger partial charge is 0.328 e. The van der Waals surface area contributed by atoms with Crippen molar-refractivity contribution in [3.8, 4) is 0 Å². The van der Waals surface area contributed by atoms with Crippen molar-refractivity contribution >= 4 is 39.3 Å². The van der Waals surface area contributed by atoms with Crippen LogP contribution in [0.15, 0.2) is 35.9 Å². The van der Waals surface area contributed by atoms with Crippen molar-refractivity contribution in [2.45, 2.75) is 37.1 Å². The number of carbonyl (C=O) groups excluding carboxylic acids is 1. The summed E-state index contributed by atoms with van der Waals surface area (Å²) in [6.07, 6.45) is 1.55. The Bertz CT molecular complexity index is 805. The Morgan fingerprint density at radius 1 is 1.27 bits per heavy atom. The van der Waals surface area contributed by atoms with E-state index < -0.39 is 18.0 Å². The molecule has 7 nitrogen and oxygen atoms in total. The third kappa shape index (κ3) is 8.10. The molecular weight excluding hydrogens is 431 g/mol. The molecule has 1 aliphatic rings. The quantitative estimate of drug-likeness (QED) is 0.341. The van der Waals surface area contributed by atoms with Gasteiger partial charge < -0.3 is 15.9 Å². The Balaban J connectivity index is 1.89. The molecule has 1 aromatic carbocycles. The first-order valence-electron chi connectivity index (χ1n) is 9.43. The van der Waals surface area contributed by atoms with E-state index in [0.29, 0.717) is 37.4 Å². The van der Waals surface area contributed by atoms with Gasteiger partial charge in [-0.2, -0.15) is 0 Å². The summed E-state index contributed by atoms with van der Waals surface area (Å²) in [4.78, 5) is 35.7. The highest BCUT2D eigenvalue weighted by Crippen LogP contribution is 2.36. The van der Waals surface area contributed by atoms with Gasteiger partial charge in [0, 0.05) is 48.7 Å². The SMILES string of the molecule is NC(CSSC1CCN(Cc2ccccc2F)C/C1=C/C(=O)O)C(=O)CCC(=O)O. The van der Waals surface area contributed by atoms with Gasteiger partial charge in [-0.05, 0) is 18.1 Å².